The second-order valence-corrected chi connectivity index (χ2v) is 6.10. The summed E-state index contributed by atoms with van der Waals surface area (Å²) in [6, 6.07) is 7.42. The van der Waals surface area contributed by atoms with E-state index in [4.69, 9.17) is 9.47 Å². The summed E-state index contributed by atoms with van der Waals surface area (Å²) in [5.41, 5.74) is 1.50. The maximum Gasteiger partial charge on any atom is 0.414 e. The number of hydrogen-bond acceptors (Lipinski definition) is 4. The number of carbonyl (C=O) groups excluding carboxylic acids is 2. The number of rotatable bonds is 1. The molecule has 1 amide bonds. The Balaban J connectivity index is 2.36. The highest BCUT2D eigenvalue weighted by atomic mass is 16.6. The van der Waals surface area contributed by atoms with Crippen molar-refractivity contribution in [2.24, 2.45) is 0 Å². The molecular formula is C17H21NO4. The molecule has 5 heteroatoms. The zero-order valence-electron chi connectivity index (χ0n) is 13.4. The van der Waals surface area contributed by atoms with E-state index in [9.17, 15) is 9.59 Å². The normalized spacial score (nSPS) is 14.5. The third-order valence-corrected chi connectivity index (χ3v) is 3.22. The van der Waals surface area contributed by atoms with E-state index in [1.54, 1.807) is 11.0 Å². The molecule has 0 unspecified atom stereocenters. The van der Waals surface area contributed by atoms with Crippen LogP contribution in [-0.2, 0) is 14.3 Å². The van der Waals surface area contributed by atoms with Crippen LogP contribution < -0.4 is 4.90 Å². The van der Waals surface area contributed by atoms with Gasteiger partial charge in [0.1, 0.15) is 5.60 Å². The minimum Gasteiger partial charge on any atom is -0.466 e. The van der Waals surface area contributed by atoms with E-state index >= 15 is 0 Å². The van der Waals surface area contributed by atoms with Crippen LogP contribution >= 0.6 is 0 Å². The highest BCUT2D eigenvalue weighted by Crippen LogP contribution is 2.29. The molecule has 0 fully saturated rings. The third kappa shape index (κ3) is 3.67. The van der Waals surface area contributed by atoms with Gasteiger partial charge >= 0.3 is 12.1 Å². The Labute approximate surface area is 130 Å². The summed E-state index contributed by atoms with van der Waals surface area (Å²) in [5, 5.41) is 0. The number of fused-ring (bicyclic) bond motifs is 1. The number of benzene rings is 1. The smallest absolute Gasteiger partial charge is 0.414 e. The molecule has 0 aromatic heterocycles. The second-order valence-electron chi connectivity index (χ2n) is 6.10. The third-order valence-electron chi connectivity index (χ3n) is 3.22. The molecule has 1 aromatic carbocycles. The van der Waals surface area contributed by atoms with Crippen molar-refractivity contribution in [3.05, 3.63) is 35.4 Å². The average molecular weight is 303 g/mol. The maximum atomic E-state index is 12.4. The molecule has 2 rings (SSSR count). The molecule has 118 valence electrons. The predicted molar refractivity (Wildman–Crippen MR) is 84.6 cm³/mol. The number of ether oxygens (including phenoxy) is 2. The Bertz CT molecular complexity index is 613. The molecule has 1 aliphatic heterocycles. The van der Waals surface area contributed by atoms with Gasteiger partial charge in [-0.25, -0.2) is 9.59 Å². The Morgan fingerprint density at radius 1 is 1.18 bits per heavy atom. The Kier molecular flexibility index (Phi) is 4.54. The van der Waals surface area contributed by atoms with Crippen LogP contribution in [0, 0.1) is 0 Å². The topological polar surface area (TPSA) is 55.8 Å². The van der Waals surface area contributed by atoms with Gasteiger partial charge in [-0.3, -0.25) is 4.90 Å². The molecule has 0 saturated carbocycles. The van der Waals surface area contributed by atoms with Gasteiger partial charge in [-0.2, -0.15) is 0 Å². The van der Waals surface area contributed by atoms with Gasteiger partial charge in [-0.05, 0) is 44.9 Å². The molecule has 5 nitrogen and oxygen atoms in total. The maximum absolute atomic E-state index is 12.4. The highest BCUT2D eigenvalue weighted by molar-refractivity contribution is 5.98. The molecule has 0 N–H and O–H groups in total. The fourth-order valence-electron chi connectivity index (χ4n) is 2.27. The fourth-order valence-corrected chi connectivity index (χ4v) is 2.27. The van der Waals surface area contributed by atoms with Crippen molar-refractivity contribution in [3.8, 4) is 0 Å². The number of nitrogens with zero attached hydrogens (tertiary/aromatic N) is 1. The number of esters is 1. The van der Waals surface area contributed by atoms with Crippen molar-refractivity contribution in [1.29, 1.82) is 0 Å². The first kappa shape index (κ1) is 16.1. The Morgan fingerprint density at radius 3 is 2.50 bits per heavy atom. The molecular weight excluding hydrogens is 282 g/mol. The van der Waals surface area contributed by atoms with Crippen LogP contribution in [-0.4, -0.2) is 31.3 Å². The van der Waals surface area contributed by atoms with Crippen molar-refractivity contribution < 1.29 is 19.1 Å². The molecule has 0 bridgehead atoms. The lowest BCUT2D eigenvalue weighted by atomic mass is 10.1. The largest absolute Gasteiger partial charge is 0.466 e. The molecule has 0 aliphatic carbocycles. The van der Waals surface area contributed by atoms with Crippen molar-refractivity contribution in [3.63, 3.8) is 0 Å². The summed E-state index contributed by atoms with van der Waals surface area (Å²) in [4.78, 5) is 25.8. The van der Waals surface area contributed by atoms with Crippen molar-refractivity contribution >= 4 is 23.8 Å². The van der Waals surface area contributed by atoms with E-state index in [0.717, 1.165) is 11.3 Å². The lowest BCUT2D eigenvalue weighted by molar-refractivity contribution is -0.136. The van der Waals surface area contributed by atoms with Crippen molar-refractivity contribution in [2.75, 3.05) is 18.6 Å². The fraction of sp³-hybridized carbons (Fsp3) is 0.412. The van der Waals surface area contributed by atoms with E-state index in [1.165, 1.54) is 7.11 Å². The first-order valence-corrected chi connectivity index (χ1v) is 7.20. The van der Waals surface area contributed by atoms with Gasteiger partial charge in [0.05, 0.1) is 12.8 Å². The predicted octanol–water partition coefficient (Wildman–Crippen LogP) is 3.39. The molecule has 1 heterocycles. The lowest BCUT2D eigenvalue weighted by Crippen LogP contribution is -2.37. The minimum absolute atomic E-state index is 0.368. The highest BCUT2D eigenvalue weighted by Gasteiger charge is 2.27. The van der Waals surface area contributed by atoms with Gasteiger partial charge in [0, 0.05) is 12.1 Å². The first-order chi connectivity index (χ1) is 10.3. The van der Waals surface area contributed by atoms with Crippen LogP contribution in [0.5, 0.6) is 0 Å². The van der Waals surface area contributed by atoms with Crippen molar-refractivity contribution in [1.82, 2.24) is 0 Å². The second kappa shape index (κ2) is 6.22. The number of para-hydroxylation sites is 1. The van der Waals surface area contributed by atoms with Crippen LogP contribution in [0.1, 0.15) is 32.8 Å². The molecule has 0 radical (unpaired) electrons. The molecule has 0 saturated heterocycles. The zero-order chi connectivity index (χ0) is 16.3. The quantitative estimate of drug-likeness (QED) is 0.746. The summed E-state index contributed by atoms with van der Waals surface area (Å²) in [6.45, 7) is 5.85. The van der Waals surface area contributed by atoms with E-state index in [0.29, 0.717) is 18.5 Å². The number of carbonyl (C=O) groups is 2. The lowest BCUT2D eigenvalue weighted by Gasteiger charge is -2.27. The van der Waals surface area contributed by atoms with Crippen molar-refractivity contribution in [2.45, 2.75) is 32.8 Å². The average Bonchev–Trinajstić information content (AvgIpc) is 2.64. The number of methoxy groups -OCH3 is 1. The van der Waals surface area contributed by atoms with Crippen LogP contribution in [0.25, 0.3) is 6.08 Å². The minimum atomic E-state index is -0.572. The number of hydrogen-bond donors (Lipinski definition) is 0. The Hall–Kier alpha value is -2.30. The summed E-state index contributed by atoms with van der Waals surface area (Å²) in [5.74, 6) is -0.374. The molecule has 0 atom stereocenters. The monoisotopic (exact) mass is 303 g/mol. The van der Waals surface area contributed by atoms with Gasteiger partial charge < -0.3 is 9.47 Å². The van der Waals surface area contributed by atoms with Gasteiger partial charge in [0.15, 0.2) is 0 Å². The van der Waals surface area contributed by atoms with Crippen LogP contribution in [0.4, 0.5) is 10.5 Å². The summed E-state index contributed by atoms with van der Waals surface area (Å²) in [7, 11) is 1.35. The first-order valence-electron chi connectivity index (χ1n) is 7.20. The van der Waals surface area contributed by atoms with Gasteiger partial charge in [-0.1, -0.05) is 18.2 Å². The van der Waals surface area contributed by atoms with E-state index < -0.39 is 11.7 Å². The van der Waals surface area contributed by atoms with Gasteiger partial charge in [-0.15, -0.1) is 0 Å². The molecule has 0 spiro atoms. The van der Waals surface area contributed by atoms with Gasteiger partial charge in [0.2, 0.25) is 0 Å². The summed E-state index contributed by atoms with van der Waals surface area (Å²) >= 11 is 0. The molecule has 1 aliphatic rings. The summed E-state index contributed by atoms with van der Waals surface area (Å²) < 4.78 is 10.3. The molecule has 1 aromatic rings. The van der Waals surface area contributed by atoms with E-state index in [-0.39, 0.29) is 5.97 Å². The standard InChI is InChI=1S/C17H21NO4/c1-17(2,3)22-16(20)18-10-9-13(15(19)21-4)11-12-7-5-6-8-14(12)18/h5-8,11H,9-10H2,1-4H3. The summed E-state index contributed by atoms with van der Waals surface area (Å²) in [6.07, 6.45) is 1.77. The van der Waals surface area contributed by atoms with Gasteiger partial charge in [0.25, 0.3) is 0 Å². The van der Waals surface area contributed by atoms with Crippen LogP contribution in [0.15, 0.2) is 29.8 Å². The molecule has 22 heavy (non-hydrogen) atoms. The zero-order valence-corrected chi connectivity index (χ0v) is 13.4. The number of amides is 1. The van der Waals surface area contributed by atoms with Crippen LogP contribution in [0.3, 0.4) is 0 Å². The SMILES string of the molecule is COC(=O)C1=Cc2ccccc2N(C(=O)OC(C)(C)C)CC1. The van der Waals surface area contributed by atoms with E-state index in [2.05, 4.69) is 0 Å². The van der Waals surface area contributed by atoms with E-state index in [1.807, 2.05) is 45.0 Å². The van der Waals surface area contributed by atoms with Crippen LogP contribution in [0.2, 0.25) is 0 Å². The Morgan fingerprint density at radius 2 is 1.86 bits per heavy atom. The number of anilines is 1.